The number of likely N-dealkylation sites (tertiary alicyclic amines) is 1. The lowest BCUT2D eigenvalue weighted by Gasteiger charge is -2.32. The molecule has 2 saturated heterocycles. The fourth-order valence-electron chi connectivity index (χ4n) is 3.65. The zero-order chi connectivity index (χ0) is 15.4. The number of rotatable bonds is 4. The number of hydrogen-bond acceptors (Lipinski definition) is 2. The van der Waals surface area contributed by atoms with E-state index in [0.29, 0.717) is 24.3 Å². The number of benzene rings is 1. The lowest BCUT2D eigenvalue weighted by Crippen LogP contribution is -2.41. The van der Waals surface area contributed by atoms with Crippen LogP contribution < -0.4 is 5.32 Å². The summed E-state index contributed by atoms with van der Waals surface area (Å²) in [6.45, 7) is 2.75. The van der Waals surface area contributed by atoms with Crippen molar-refractivity contribution >= 4 is 5.91 Å². The first-order chi connectivity index (χ1) is 10.7. The van der Waals surface area contributed by atoms with E-state index in [-0.39, 0.29) is 5.82 Å². The second-order valence-corrected chi connectivity index (χ2v) is 6.66. The molecule has 0 aromatic heterocycles. The molecule has 2 aliphatic heterocycles. The van der Waals surface area contributed by atoms with Crippen LogP contribution in [0.4, 0.5) is 4.39 Å². The molecule has 1 amide bonds. The summed E-state index contributed by atoms with van der Waals surface area (Å²) in [5.74, 6) is 0.702. The van der Waals surface area contributed by atoms with Crippen molar-refractivity contribution < 1.29 is 9.18 Å². The van der Waals surface area contributed by atoms with Gasteiger partial charge in [0, 0.05) is 25.6 Å². The molecule has 3 nitrogen and oxygen atoms in total. The number of hydrogen-bond donors (Lipinski definition) is 1. The molecule has 1 aromatic carbocycles. The number of amides is 1. The van der Waals surface area contributed by atoms with Crippen LogP contribution in [0.3, 0.4) is 0 Å². The van der Waals surface area contributed by atoms with E-state index in [2.05, 4.69) is 5.32 Å². The quantitative estimate of drug-likeness (QED) is 0.927. The molecular formula is C18H25FN2O. The van der Waals surface area contributed by atoms with Crippen LogP contribution in [0.1, 0.15) is 37.7 Å². The predicted octanol–water partition coefficient (Wildman–Crippen LogP) is 2.75. The Balaban J connectivity index is 1.44. The minimum atomic E-state index is -0.158. The molecule has 1 atom stereocenters. The number of nitrogens with zero attached hydrogens (tertiary/aromatic N) is 1. The van der Waals surface area contributed by atoms with E-state index in [9.17, 15) is 9.18 Å². The monoisotopic (exact) mass is 304 g/mol. The van der Waals surface area contributed by atoms with Crippen molar-refractivity contribution in [2.75, 3.05) is 19.6 Å². The Kier molecular flexibility index (Phi) is 5.08. The lowest BCUT2D eigenvalue weighted by molar-refractivity contribution is -0.133. The SMILES string of the molecule is O=C(CC1CCCN1)N1CCC(Cc2cccc(F)c2)CC1. The molecule has 2 aliphatic rings. The Hall–Kier alpha value is -1.42. The molecule has 0 saturated carbocycles. The van der Waals surface area contributed by atoms with Gasteiger partial charge in [-0.05, 0) is 62.3 Å². The fraction of sp³-hybridized carbons (Fsp3) is 0.611. The fourth-order valence-corrected chi connectivity index (χ4v) is 3.65. The number of halogens is 1. The van der Waals surface area contributed by atoms with E-state index in [1.54, 1.807) is 12.1 Å². The van der Waals surface area contributed by atoms with Gasteiger partial charge in [0.2, 0.25) is 5.91 Å². The van der Waals surface area contributed by atoms with Crippen LogP contribution >= 0.6 is 0 Å². The smallest absolute Gasteiger partial charge is 0.224 e. The highest BCUT2D eigenvalue weighted by Crippen LogP contribution is 2.23. The summed E-state index contributed by atoms with van der Waals surface area (Å²) < 4.78 is 13.2. The third-order valence-electron chi connectivity index (χ3n) is 4.96. The minimum Gasteiger partial charge on any atom is -0.343 e. The molecule has 22 heavy (non-hydrogen) atoms. The van der Waals surface area contributed by atoms with Gasteiger partial charge in [-0.2, -0.15) is 0 Å². The molecule has 4 heteroatoms. The summed E-state index contributed by atoms with van der Waals surface area (Å²) >= 11 is 0. The largest absolute Gasteiger partial charge is 0.343 e. The summed E-state index contributed by atoms with van der Waals surface area (Å²) in [7, 11) is 0. The Morgan fingerprint density at radius 2 is 2.09 bits per heavy atom. The number of carbonyl (C=O) groups is 1. The molecule has 0 aliphatic carbocycles. The summed E-state index contributed by atoms with van der Waals surface area (Å²) in [6, 6.07) is 7.27. The lowest BCUT2D eigenvalue weighted by atomic mass is 9.90. The maximum Gasteiger partial charge on any atom is 0.224 e. The maximum atomic E-state index is 13.2. The van der Waals surface area contributed by atoms with E-state index >= 15 is 0 Å². The third-order valence-corrected chi connectivity index (χ3v) is 4.96. The summed E-state index contributed by atoms with van der Waals surface area (Å²) in [4.78, 5) is 14.3. The molecular weight excluding hydrogens is 279 g/mol. The van der Waals surface area contributed by atoms with Gasteiger partial charge in [0.25, 0.3) is 0 Å². The van der Waals surface area contributed by atoms with Crippen LogP contribution in [-0.2, 0) is 11.2 Å². The van der Waals surface area contributed by atoms with Gasteiger partial charge in [-0.25, -0.2) is 4.39 Å². The molecule has 0 spiro atoms. The van der Waals surface area contributed by atoms with Gasteiger partial charge in [0.1, 0.15) is 5.82 Å². The molecule has 1 N–H and O–H groups in total. The van der Waals surface area contributed by atoms with Crippen molar-refractivity contribution in [2.45, 2.75) is 44.6 Å². The van der Waals surface area contributed by atoms with E-state index in [4.69, 9.17) is 0 Å². The standard InChI is InChI=1S/C18H25FN2O/c19-16-4-1-3-15(12-16)11-14-6-9-21(10-7-14)18(22)13-17-5-2-8-20-17/h1,3-4,12,14,17,20H,2,5-11,13H2. The average molecular weight is 304 g/mol. The number of nitrogens with one attached hydrogen (secondary N) is 1. The van der Waals surface area contributed by atoms with Crippen molar-refractivity contribution in [3.05, 3.63) is 35.6 Å². The first-order valence-electron chi connectivity index (χ1n) is 8.46. The van der Waals surface area contributed by atoms with Crippen molar-refractivity contribution in [1.82, 2.24) is 10.2 Å². The molecule has 2 heterocycles. The second kappa shape index (κ2) is 7.23. The zero-order valence-electron chi connectivity index (χ0n) is 13.1. The van der Waals surface area contributed by atoms with Crippen molar-refractivity contribution in [2.24, 2.45) is 5.92 Å². The van der Waals surface area contributed by atoms with Gasteiger partial charge in [0.15, 0.2) is 0 Å². The highest BCUT2D eigenvalue weighted by Gasteiger charge is 2.25. The summed E-state index contributed by atoms with van der Waals surface area (Å²) in [6.07, 6.45) is 5.94. The Bertz CT molecular complexity index is 506. The zero-order valence-corrected chi connectivity index (χ0v) is 13.1. The highest BCUT2D eigenvalue weighted by atomic mass is 19.1. The van der Waals surface area contributed by atoms with E-state index in [1.807, 2.05) is 11.0 Å². The summed E-state index contributed by atoms with van der Waals surface area (Å²) in [5.41, 5.74) is 1.07. The molecule has 0 bridgehead atoms. The number of carbonyl (C=O) groups excluding carboxylic acids is 1. The molecule has 0 radical (unpaired) electrons. The van der Waals surface area contributed by atoms with Gasteiger partial charge < -0.3 is 10.2 Å². The molecule has 2 fully saturated rings. The first-order valence-corrected chi connectivity index (χ1v) is 8.46. The van der Waals surface area contributed by atoms with Crippen LogP contribution in [0.15, 0.2) is 24.3 Å². The highest BCUT2D eigenvalue weighted by molar-refractivity contribution is 5.77. The Labute approximate surface area is 131 Å². The molecule has 3 rings (SSSR count). The molecule has 1 unspecified atom stereocenters. The van der Waals surface area contributed by atoms with Crippen LogP contribution in [0, 0.1) is 11.7 Å². The van der Waals surface area contributed by atoms with E-state index in [1.165, 1.54) is 12.5 Å². The second-order valence-electron chi connectivity index (χ2n) is 6.66. The summed E-state index contributed by atoms with van der Waals surface area (Å²) in [5, 5.41) is 3.39. The predicted molar refractivity (Wildman–Crippen MR) is 85.0 cm³/mol. The first kappa shape index (κ1) is 15.5. The molecule has 120 valence electrons. The Morgan fingerprint density at radius 1 is 1.27 bits per heavy atom. The topological polar surface area (TPSA) is 32.3 Å². The number of piperidine rings is 1. The van der Waals surface area contributed by atoms with Crippen molar-refractivity contribution in [3.8, 4) is 0 Å². The van der Waals surface area contributed by atoms with Gasteiger partial charge >= 0.3 is 0 Å². The molecule has 1 aromatic rings. The minimum absolute atomic E-state index is 0.158. The maximum absolute atomic E-state index is 13.2. The van der Waals surface area contributed by atoms with Crippen LogP contribution in [0.2, 0.25) is 0 Å². The van der Waals surface area contributed by atoms with Gasteiger partial charge in [-0.15, -0.1) is 0 Å². The van der Waals surface area contributed by atoms with Crippen LogP contribution in [-0.4, -0.2) is 36.5 Å². The van der Waals surface area contributed by atoms with E-state index < -0.39 is 0 Å². The van der Waals surface area contributed by atoms with Gasteiger partial charge in [-0.1, -0.05) is 12.1 Å². The van der Waals surface area contributed by atoms with Crippen LogP contribution in [0.5, 0.6) is 0 Å². The van der Waals surface area contributed by atoms with Crippen molar-refractivity contribution in [1.29, 1.82) is 0 Å². The normalized spacial score (nSPS) is 23.0. The average Bonchev–Trinajstić information content (AvgIpc) is 3.01. The van der Waals surface area contributed by atoms with Crippen molar-refractivity contribution in [3.63, 3.8) is 0 Å². The van der Waals surface area contributed by atoms with Crippen LogP contribution in [0.25, 0.3) is 0 Å². The van der Waals surface area contributed by atoms with E-state index in [0.717, 1.165) is 50.9 Å². The van der Waals surface area contributed by atoms with Gasteiger partial charge in [0.05, 0.1) is 0 Å². The third kappa shape index (κ3) is 4.07. The van der Waals surface area contributed by atoms with Gasteiger partial charge in [-0.3, -0.25) is 4.79 Å². The Morgan fingerprint density at radius 3 is 2.77 bits per heavy atom.